The molecule has 128 valence electrons. The zero-order chi connectivity index (χ0) is 17.5. The Labute approximate surface area is 142 Å². The van der Waals surface area contributed by atoms with Crippen LogP contribution in [0, 0.1) is 19.8 Å². The number of hydrogen-bond acceptors (Lipinski definition) is 3. The highest BCUT2D eigenvalue weighted by Crippen LogP contribution is 2.38. The van der Waals surface area contributed by atoms with Gasteiger partial charge in [0.1, 0.15) is 5.54 Å². The molecule has 1 spiro atoms. The van der Waals surface area contributed by atoms with Crippen LogP contribution in [-0.2, 0) is 4.79 Å². The summed E-state index contributed by atoms with van der Waals surface area (Å²) >= 11 is 0. The van der Waals surface area contributed by atoms with Crippen molar-refractivity contribution in [3.05, 3.63) is 34.9 Å². The molecule has 2 atom stereocenters. The first-order valence-electron chi connectivity index (χ1n) is 8.60. The molecule has 0 radical (unpaired) electrons. The molecule has 1 N–H and O–H groups in total. The van der Waals surface area contributed by atoms with Gasteiger partial charge in [-0.05, 0) is 49.8 Å². The molecular weight excluding hydrogens is 304 g/mol. The topological polar surface area (TPSA) is 66.5 Å². The van der Waals surface area contributed by atoms with E-state index in [2.05, 4.69) is 5.32 Å². The van der Waals surface area contributed by atoms with E-state index in [1.54, 1.807) is 6.07 Å². The van der Waals surface area contributed by atoms with Gasteiger partial charge in [0, 0.05) is 5.56 Å². The fourth-order valence-corrected chi connectivity index (χ4v) is 3.79. The van der Waals surface area contributed by atoms with Gasteiger partial charge in [0.15, 0.2) is 5.78 Å². The van der Waals surface area contributed by atoms with E-state index in [0.717, 1.165) is 35.3 Å². The summed E-state index contributed by atoms with van der Waals surface area (Å²) in [6.45, 7) is 5.74. The van der Waals surface area contributed by atoms with Gasteiger partial charge in [0.2, 0.25) is 0 Å². The second-order valence-corrected chi connectivity index (χ2v) is 7.16. The Morgan fingerprint density at radius 3 is 2.67 bits per heavy atom. The Bertz CT molecular complexity index is 713. The minimum absolute atomic E-state index is 0.101. The standard InChI is InChI=1S/C19H24N2O3/c1-12-7-8-15(10-13(12)2)16(22)11-21-17(23)19(20-18(21)24)9-5-4-6-14(19)3/h7-8,10,14H,4-6,9,11H2,1-3H3,(H,20,24)/t14-,19-/m1/s1. The Balaban J connectivity index is 1.80. The summed E-state index contributed by atoms with van der Waals surface area (Å²) < 4.78 is 0. The molecular formula is C19H24N2O3. The van der Waals surface area contributed by atoms with Crippen molar-refractivity contribution in [2.75, 3.05) is 6.54 Å². The molecule has 5 heteroatoms. The highest BCUT2D eigenvalue weighted by molar-refractivity contribution is 6.11. The van der Waals surface area contributed by atoms with Crippen molar-refractivity contribution in [1.82, 2.24) is 10.2 Å². The third-order valence-electron chi connectivity index (χ3n) is 5.63. The molecule has 0 unspecified atom stereocenters. The number of imide groups is 1. The largest absolute Gasteiger partial charge is 0.325 e. The Morgan fingerprint density at radius 2 is 2.00 bits per heavy atom. The smallest absolute Gasteiger partial charge is 0.323 e. The van der Waals surface area contributed by atoms with Crippen molar-refractivity contribution >= 4 is 17.7 Å². The quantitative estimate of drug-likeness (QED) is 0.685. The van der Waals surface area contributed by atoms with Gasteiger partial charge in [-0.15, -0.1) is 0 Å². The van der Waals surface area contributed by atoms with E-state index in [0.29, 0.717) is 12.0 Å². The summed E-state index contributed by atoms with van der Waals surface area (Å²) in [5.41, 5.74) is 1.86. The third kappa shape index (κ3) is 2.62. The predicted molar refractivity (Wildman–Crippen MR) is 90.9 cm³/mol. The lowest BCUT2D eigenvalue weighted by Gasteiger charge is -2.36. The number of rotatable bonds is 3. The van der Waals surface area contributed by atoms with Gasteiger partial charge in [-0.1, -0.05) is 31.9 Å². The molecule has 1 heterocycles. The second-order valence-electron chi connectivity index (χ2n) is 7.16. The van der Waals surface area contributed by atoms with E-state index in [-0.39, 0.29) is 24.2 Å². The fraction of sp³-hybridized carbons (Fsp3) is 0.526. The first kappa shape index (κ1) is 16.7. The number of aryl methyl sites for hydroxylation is 2. The predicted octanol–water partition coefficient (Wildman–Crippen LogP) is 2.99. The lowest BCUT2D eigenvalue weighted by Crippen LogP contribution is -2.54. The summed E-state index contributed by atoms with van der Waals surface area (Å²) in [6.07, 6.45) is 3.58. The lowest BCUT2D eigenvalue weighted by molar-refractivity contribution is -0.133. The molecule has 24 heavy (non-hydrogen) atoms. The zero-order valence-electron chi connectivity index (χ0n) is 14.5. The average molecular weight is 328 g/mol. The van der Waals surface area contributed by atoms with E-state index >= 15 is 0 Å². The van der Waals surface area contributed by atoms with Crippen LogP contribution in [0.15, 0.2) is 18.2 Å². The van der Waals surface area contributed by atoms with Crippen molar-refractivity contribution in [2.24, 2.45) is 5.92 Å². The molecule has 1 aromatic carbocycles. The Hall–Kier alpha value is -2.17. The Kier molecular flexibility index (Phi) is 4.20. The maximum atomic E-state index is 12.9. The van der Waals surface area contributed by atoms with Crippen molar-refractivity contribution in [2.45, 2.75) is 52.0 Å². The van der Waals surface area contributed by atoms with E-state index < -0.39 is 11.6 Å². The SMILES string of the molecule is Cc1ccc(C(=O)CN2C(=O)N[C@@]3(CCCC[C@H]3C)C2=O)cc1C. The fourth-order valence-electron chi connectivity index (χ4n) is 3.79. The van der Waals surface area contributed by atoms with Gasteiger partial charge in [0.25, 0.3) is 5.91 Å². The number of carbonyl (C=O) groups is 3. The third-order valence-corrected chi connectivity index (χ3v) is 5.63. The average Bonchev–Trinajstić information content (AvgIpc) is 2.78. The first-order chi connectivity index (χ1) is 11.3. The van der Waals surface area contributed by atoms with Crippen LogP contribution in [0.1, 0.15) is 54.1 Å². The molecule has 1 saturated heterocycles. The van der Waals surface area contributed by atoms with E-state index in [9.17, 15) is 14.4 Å². The maximum Gasteiger partial charge on any atom is 0.325 e. The molecule has 5 nitrogen and oxygen atoms in total. The molecule has 1 aliphatic heterocycles. The van der Waals surface area contributed by atoms with Crippen LogP contribution in [0.3, 0.4) is 0 Å². The summed E-state index contributed by atoms with van der Waals surface area (Å²) in [5.74, 6) is -0.344. The molecule has 0 bridgehead atoms. The summed E-state index contributed by atoms with van der Waals surface area (Å²) in [6, 6.07) is 5.02. The number of carbonyl (C=O) groups excluding carboxylic acids is 3. The molecule has 2 fully saturated rings. The summed E-state index contributed by atoms with van der Waals surface area (Å²) in [7, 11) is 0. The van der Waals surface area contributed by atoms with Crippen LogP contribution in [-0.4, -0.2) is 34.7 Å². The molecule has 1 aliphatic carbocycles. The minimum atomic E-state index is -0.807. The monoisotopic (exact) mass is 328 g/mol. The number of hydrogen-bond donors (Lipinski definition) is 1. The minimum Gasteiger partial charge on any atom is -0.323 e. The summed E-state index contributed by atoms with van der Waals surface area (Å²) in [5, 5.41) is 2.88. The number of nitrogens with zero attached hydrogens (tertiary/aromatic N) is 1. The van der Waals surface area contributed by atoms with Gasteiger partial charge in [-0.25, -0.2) is 4.79 Å². The Morgan fingerprint density at radius 1 is 1.25 bits per heavy atom. The number of benzene rings is 1. The lowest BCUT2D eigenvalue weighted by atomic mass is 9.73. The van der Waals surface area contributed by atoms with Crippen LogP contribution < -0.4 is 5.32 Å². The van der Waals surface area contributed by atoms with Crippen LogP contribution in [0.2, 0.25) is 0 Å². The van der Waals surface area contributed by atoms with Crippen molar-refractivity contribution in [3.8, 4) is 0 Å². The zero-order valence-corrected chi connectivity index (χ0v) is 14.5. The highest BCUT2D eigenvalue weighted by atomic mass is 16.2. The number of urea groups is 1. The van der Waals surface area contributed by atoms with Gasteiger partial charge >= 0.3 is 6.03 Å². The van der Waals surface area contributed by atoms with Gasteiger partial charge in [0.05, 0.1) is 6.54 Å². The normalized spacial score (nSPS) is 26.8. The van der Waals surface area contributed by atoms with Gasteiger partial charge in [-0.2, -0.15) is 0 Å². The number of ketones is 1. The van der Waals surface area contributed by atoms with Crippen molar-refractivity contribution in [1.29, 1.82) is 0 Å². The van der Waals surface area contributed by atoms with Gasteiger partial charge in [-0.3, -0.25) is 14.5 Å². The van der Waals surface area contributed by atoms with Crippen molar-refractivity contribution < 1.29 is 14.4 Å². The number of Topliss-reactive ketones (excluding diaryl/α,β-unsaturated/α-hetero) is 1. The van der Waals surface area contributed by atoms with E-state index in [1.807, 2.05) is 32.9 Å². The molecule has 3 amide bonds. The molecule has 1 saturated carbocycles. The van der Waals surface area contributed by atoms with E-state index in [4.69, 9.17) is 0 Å². The molecule has 3 rings (SSSR count). The summed E-state index contributed by atoms with van der Waals surface area (Å²) in [4.78, 5) is 38.8. The van der Waals surface area contributed by atoms with E-state index in [1.165, 1.54) is 0 Å². The molecule has 1 aromatic rings. The van der Waals surface area contributed by atoms with Crippen molar-refractivity contribution in [3.63, 3.8) is 0 Å². The second kappa shape index (κ2) is 6.04. The van der Waals surface area contributed by atoms with Gasteiger partial charge < -0.3 is 5.32 Å². The van der Waals surface area contributed by atoms with Crippen LogP contribution in [0.4, 0.5) is 4.79 Å². The van der Waals surface area contributed by atoms with Crippen LogP contribution in [0.5, 0.6) is 0 Å². The number of amides is 3. The molecule has 2 aliphatic rings. The van der Waals surface area contributed by atoms with Crippen LogP contribution in [0.25, 0.3) is 0 Å². The molecule has 0 aromatic heterocycles. The van der Waals surface area contributed by atoms with Crippen LogP contribution >= 0.6 is 0 Å². The first-order valence-corrected chi connectivity index (χ1v) is 8.60. The number of nitrogens with one attached hydrogen (secondary N) is 1. The maximum absolute atomic E-state index is 12.9. The highest BCUT2D eigenvalue weighted by Gasteiger charge is 2.55.